The number of nitriles is 1. The van der Waals surface area contributed by atoms with Gasteiger partial charge in [-0.3, -0.25) is 4.79 Å². The van der Waals surface area contributed by atoms with Gasteiger partial charge in [-0.05, 0) is 59.5 Å². The Kier molecular flexibility index (Phi) is 6.54. The molecule has 4 rings (SSSR count). The molecule has 1 aliphatic heterocycles. The topological polar surface area (TPSA) is 87.5 Å². The van der Waals surface area contributed by atoms with E-state index < -0.39 is 27.9 Å². The van der Waals surface area contributed by atoms with E-state index in [1.165, 1.54) is 16.4 Å². The largest absolute Gasteiger partial charge is 0.461 e. The lowest BCUT2D eigenvalue weighted by Crippen LogP contribution is -2.41. The fraction of sp³-hybridized carbons (Fsp3) is 0.200. The monoisotopic (exact) mass is 464 g/mol. The molecule has 168 valence electrons. The van der Waals surface area contributed by atoms with Crippen molar-refractivity contribution < 1.29 is 22.3 Å². The van der Waals surface area contributed by atoms with E-state index in [0.717, 1.165) is 28.8 Å². The summed E-state index contributed by atoms with van der Waals surface area (Å²) < 4.78 is 46.8. The van der Waals surface area contributed by atoms with Crippen LogP contribution in [0.3, 0.4) is 0 Å². The highest BCUT2D eigenvalue weighted by atomic mass is 32.2. The van der Waals surface area contributed by atoms with Crippen LogP contribution in [0.4, 0.5) is 4.39 Å². The Labute approximate surface area is 191 Å². The van der Waals surface area contributed by atoms with Gasteiger partial charge in [0.2, 0.25) is 10.0 Å². The number of fused-ring (bicyclic) bond motifs is 1. The van der Waals surface area contributed by atoms with Crippen LogP contribution in [0, 0.1) is 17.1 Å². The Morgan fingerprint density at radius 1 is 1.06 bits per heavy atom. The maximum Gasteiger partial charge on any atom is 0.308 e. The van der Waals surface area contributed by atoms with Crippen LogP contribution < -0.4 is 0 Å². The molecule has 3 aromatic rings. The molecule has 0 aliphatic carbocycles. The number of esters is 1. The lowest BCUT2D eigenvalue weighted by molar-refractivity contribution is -0.146. The minimum absolute atomic E-state index is 0.0175. The van der Waals surface area contributed by atoms with Crippen LogP contribution in [0.5, 0.6) is 0 Å². The second-order valence-electron chi connectivity index (χ2n) is 7.71. The fourth-order valence-electron chi connectivity index (χ4n) is 3.93. The van der Waals surface area contributed by atoms with Gasteiger partial charge in [0.05, 0.1) is 29.0 Å². The van der Waals surface area contributed by atoms with Crippen molar-refractivity contribution in [3.63, 3.8) is 0 Å². The summed E-state index contributed by atoms with van der Waals surface area (Å²) in [6, 6.07) is 20.1. The van der Waals surface area contributed by atoms with E-state index in [-0.39, 0.29) is 24.5 Å². The molecule has 0 aromatic heterocycles. The van der Waals surface area contributed by atoms with Crippen molar-refractivity contribution in [1.29, 1.82) is 5.26 Å². The first-order valence-electron chi connectivity index (χ1n) is 10.4. The van der Waals surface area contributed by atoms with Crippen molar-refractivity contribution in [3.8, 4) is 6.07 Å². The minimum Gasteiger partial charge on any atom is -0.461 e. The van der Waals surface area contributed by atoms with E-state index in [4.69, 9.17) is 10.00 Å². The molecule has 0 saturated carbocycles. The van der Waals surface area contributed by atoms with Gasteiger partial charge >= 0.3 is 5.97 Å². The summed E-state index contributed by atoms with van der Waals surface area (Å²) in [5.74, 6) is -1.07. The average Bonchev–Trinajstić information content (AvgIpc) is 2.83. The predicted octanol–water partition coefficient (Wildman–Crippen LogP) is 4.12. The number of hydrogen-bond acceptors (Lipinski definition) is 5. The first-order valence-corrected chi connectivity index (χ1v) is 11.8. The van der Waals surface area contributed by atoms with Crippen LogP contribution in [0.2, 0.25) is 0 Å². The molecule has 1 aliphatic rings. The Hall–Kier alpha value is -3.54. The van der Waals surface area contributed by atoms with Crippen molar-refractivity contribution in [3.05, 3.63) is 101 Å². The quantitative estimate of drug-likeness (QED) is 0.512. The second-order valence-corrected chi connectivity index (χ2v) is 9.60. The molecule has 0 radical (unpaired) electrons. The van der Waals surface area contributed by atoms with Gasteiger partial charge in [0, 0.05) is 6.54 Å². The van der Waals surface area contributed by atoms with Crippen molar-refractivity contribution in [2.24, 2.45) is 0 Å². The fourth-order valence-corrected chi connectivity index (χ4v) is 5.53. The van der Waals surface area contributed by atoms with E-state index in [0.29, 0.717) is 12.0 Å². The van der Waals surface area contributed by atoms with Crippen molar-refractivity contribution >= 4 is 16.0 Å². The van der Waals surface area contributed by atoms with Gasteiger partial charge in [0.1, 0.15) is 12.4 Å². The molecule has 6 nitrogen and oxygen atoms in total. The zero-order valence-electron chi connectivity index (χ0n) is 17.6. The highest BCUT2D eigenvalue weighted by Gasteiger charge is 2.37. The van der Waals surface area contributed by atoms with Crippen molar-refractivity contribution in [1.82, 2.24) is 4.31 Å². The summed E-state index contributed by atoms with van der Waals surface area (Å²) >= 11 is 0. The standard InChI is InChI=1S/C25H21FN2O4S/c26-21-9-11-22(12-10-21)33(30,31)28-14-13-20-3-1-2-4-23(20)24(28)15-25(29)32-17-19-7-5-18(16-27)6-8-19/h1-12,24H,13-15,17H2/t24-/m0/s1. The first kappa shape index (κ1) is 22.6. The lowest BCUT2D eigenvalue weighted by Gasteiger charge is -2.36. The zero-order chi connectivity index (χ0) is 23.4. The molecule has 0 fully saturated rings. The Morgan fingerprint density at radius 3 is 2.45 bits per heavy atom. The molecule has 0 N–H and O–H groups in total. The summed E-state index contributed by atoms with van der Waals surface area (Å²) in [6.45, 7) is 0.216. The number of sulfonamides is 1. The third-order valence-electron chi connectivity index (χ3n) is 5.63. The van der Waals surface area contributed by atoms with Gasteiger partial charge in [0.15, 0.2) is 0 Å². The Morgan fingerprint density at radius 2 is 1.76 bits per heavy atom. The molecule has 0 saturated heterocycles. The Balaban J connectivity index is 1.57. The van der Waals surface area contributed by atoms with Crippen molar-refractivity contribution in [2.75, 3.05) is 6.54 Å². The third-order valence-corrected chi connectivity index (χ3v) is 7.55. The number of nitrogens with zero attached hydrogens (tertiary/aromatic N) is 2. The molecule has 8 heteroatoms. The Bertz CT molecular complexity index is 1300. The summed E-state index contributed by atoms with van der Waals surface area (Å²) in [7, 11) is -3.96. The number of carbonyl (C=O) groups excluding carboxylic acids is 1. The molecule has 1 heterocycles. The maximum atomic E-state index is 13.4. The van der Waals surface area contributed by atoms with E-state index in [2.05, 4.69) is 0 Å². The van der Waals surface area contributed by atoms with Gasteiger partial charge in [0.25, 0.3) is 0 Å². The number of carbonyl (C=O) groups is 1. The normalized spacial score (nSPS) is 15.9. The average molecular weight is 465 g/mol. The highest BCUT2D eigenvalue weighted by molar-refractivity contribution is 7.89. The number of hydrogen-bond donors (Lipinski definition) is 0. The van der Waals surface area contributed by atoms with Crippen molar-refractivity contribution in [2.45, 2.75) is 30.4 Å². The zero-order valence-corrected chi connectivity index (χ0v) is 18.5. The number of ether oxygens (including phenoxy) is 1. The molecule has 0 bridgehead atoms. The van der Waals surface area contributed by atoms with Gasteiger partial charge in [-0.25, -0.2) is 12.8 Å². The van der Waals surface area contributed by atoms with E-state index >= 15 is 0 Å². The summed E-state index contributed by atoms with van der Waals surface area (Å²) in [4.78, 5) is 12.7. The molecule has 1 atom stereocenters. The summed E-state index contributed by atoms with van der Waals surface area (Å²) in [5.41, 5.74) is 2.96. The van der Waals surface area contributed by atoms with Crippen LogP contribution in [0.15, 0.2) is 77.7 Å². The van der Waals surface area contributed by atoms with Crippen LogP contribution >= 0.6 is 0 Å². The van der Waals surface area contributed by atoms with Crippen LogP contribution in [-0.4, -0.2) is 25.2 Å². The molecule has 3 aromatic carbocycles. The number of halogens is 1. The molecular formula is C25H21FN2O4S. The van der Waals surface area contributed by atoms with E-state index in [1.807, 2.05) is 30.3 Å². The second kappa shape index (κ2) is 9.53. The van der Waals surface area contributed by atoms with E-state index in [1.54, 1.807) is 24.3 Å². The van der Waals surface area contributed by atoms with Crippen LogP contribution in [0.1, 0.15) is 34.7 Å². The SMILES string of the molecule is N#Cc1ccc(COC(=O)C[C@H]2c3ccccc3CCN2S(=O)(=O)c2ccc(F)cc2)cc1. The molecular weight excluding hydrogens is 443 g/mol. The predicted molar refractivity (Wildman–Crippen MR) is 119 cm³/mol. The number of benzene rings is 3. The molecule has 33 heavy (non-hydrogen) atoms. The lowest BCUT2D eigenvalue weighted by atomic mass is 9.92. The van der Waals surface area contributed by atoms with E-state index in [9.17, 15) is 17.6 Å². The molecule has 0 spiro atoms. The third kappa shape index (κ3) is 4.95. The summed E-state index contributed by atoms with van der Waals surface area (Å²) in [5, 5.41) is 8.89. The molecule has 0 amide bonds. The van der Waals surface area contributed by atoms with Gasteiger partial charge in [-0.2, -0.15) is 9.57 Å². The van der Waals surface area contributed by atoms with Gasteiger partial charge < -0.3 is 4.74 Å². The minimum atomic E-state index is -3.96. The van der Waals surface area contributed by atoms with Gasteiger partial charge in [-0.15, -0.1) is 0 Å². The summed E-state index contributed by atoms with van der Waals surface area (Å²) in [6.07, 6.45) is 0.348. The van der Waals surface area contributed by atoms with Gasteiger partial charge in [-0.1, -0.05) is 36.4 Å². The molecule has 0 unspecified atom stereocenters. The smallest absolute Gasteiger partial charge is 0.308 e. The maximum absolute atomic E-state index is 13.4. The van der Waals surface area contributed by atoms with Crippen LogP contribution in [0.25, 0.3) is 0 Å². The number of rotatable bonds is 6. The van der Waals surface area contributed by atoms with Crippen LogP contribution in [-0.2, 0) is 32.6 Å². The first-order chi connectivity index (χ1) is 15.9. The highest BCUT2D eigenvalue weighted by Crippen LogP contribution is 2.36.